The topological polar surface area (TPSA) is 28.2 Å². The molecule has 0 bridgehead atoms. The Morgan fingerprint density at radius 1 is 1.53 bits per heavy atom. The van der Waals surface area contributed by atoms with Crippen LogP contribution in [0.15, 0.2) is 0 Å². The first kappa shape index (κ1) is 13.0. The molecule has 1 aromatic rings. The van der Waals surface area contributed by atoms with E-state index in [-0.39, 0.29) is 0 Å². The predicted molar refractivity (Wildman–Crippen MR) is 73.7 cm³/mol. The minimum Gasteiger partial charge on any atom is -0.312 e. The van der Waals surface area contributed by atoms with Crippen LogP contribution in [0.2, 0.25) is 0 Å². The molecule has 0 aliphatic carbocycles. The summed E-state index contributed by atoms with van der Waals surface area (Å²) in [6, 6.07) is 0. The van der Waals surface area contributed by atoms with Gasteiger partial charge in [-0.1, -0.05) is 6.92 Å². The summed E-state index contributed by atoms with van der Waals surface area (Å²) in [5.41, 5.74) is 1.22. The number of piperidine rings is 1. The van der Waals surface area contributed by atoms with Gasteiger partial charge in [0.25, 0.3) is 0 Å². The largest absolute Gasteiger partial charge is 0.312 e. The van der Waals surface area contributed by atoms with Crippen LogP contribution in [0.4, 0.5) is 0 Å². The van der Waals surface area contributed by atoms with E-state index in [1.807, 2.05) is 11.3 Å². The Hall–Kier alpha value is -0.450. The van der Waals surface area contributed by atoms with Crippen molar-refractivity contribution in [1.29, 1.82) is 0 Å². The maximum absolute atomic E-state index is 4.77. The molecule has 0 aromatic carbocycles. The lowest BCUT2D eigenvalue weighted by atomic mass is 9.99. The number of hydrogen-bond donors (Lipinski definition) is 1. The highest BCUT2D eigenvalue weighted by molar-refractivity contribution is 7.11. The van der Waals surface area contributed by atoms with Crippen molar-refractivity contribution in [3.63, 3.8) is 0 Å². The van der Waals surface area contributed by atoms with E-state index in [1.54, 1.807) is 0 Å². The molecule has 3 nitrogen and oxygen atoms in total. The molecular weight excluding hydrogens is 230 g/mol. The minimum atomic E-state index is 0.660. The molecule has 0 saturated carbocycles. The highest BCUT2D eigenvalue weighted by Crippen LogP contribution is 2.31. The molecule has 0 radical (unpaired) electrons. The summed E-state index contributed by atoms with van der Waals surface area (Å²) in [6.07, 6.45) is 2.61. The van der Waals surface area contributed by atoms with Gasteiger partial charge in [0.2, 0.25) is 0 Å². The Balaban J connectivity index is 2.05. The Morgan fingerprint density at radius 2 is 2.35 bits per heavy atom. The summed E-state index contributed by atoms with van der Waals surface area (Å²) in [6.45, 7) is 8.70. The summed E-state index contributed by atoms with van der Waals surface area (Å²) in [5, 5.41) is 4.74. The molecule has 1 aromatic heterocycles. The number of aromatic nitrogens is 1. The summed E-state index contributed by atoms with van der Waals surface area (Å²) < 4.78 is 0. The third-order valence-corrected chi connectivity index (χ3v) is 4.74. The number of rotatable bonds is 4. The van der Waals surface area contributed by atoms with Gasteiger partial charge in [0.15, 0.2) is 0 Å². The highest BCUT2D eigenvalue weighted by atomic mass is 32.1. The minimum absolute atomic E-state index is 0.660. The average Bonchev–Trinajstić information content (AvgIpc) is 2.68. The molecule has 2 heterocycles. The molecule has 1 saturated heterocycles. The van der Waals surface area contributed by atoms with Gasteiger partial charge < -0.3 is 10.2 Å². The fraction of sp³-hybridized carbons (Fsp3) is 0.769. The molecule has 0 spiro atoms. The fourth-order valence-corrected chi connectivity index (χ4v) is 3.56. The summed E-state index contributed by atoms with van der Waals surface area (Å²) in [7, 11) is 2.21. The van der Waals surface area contributed by atoms with Crippen molar-refractivity contribution in [3.05, 3.63) is 15.6 Å². The molecule has 1 N–H and O–H groups in total. The van der Waals surface area contributed by atoms with Gasteiger partial charge in [0.05, 0.1) is 10.7 Å². The second-order valence-electron chi connectivity index (χ2n) is 4.94. The van der Waals surface area contributed by atoms with E-state index in [0.29, 0.717) is 5.92 Å². The zero-order valence-electron chi connectivity index (χ0n) is 11.1. The molecule has 17 heavy (non-hydrogen) atoms. The number of thiazole rings is 1. The zero-order chi connectivity index (χ0) is 12.3. The maximum Gasteiger partial charge on any atom is 0.0975 e. The summed E-state index contributed by atoms with van der Waals surface area (Å²) in [5.74, 6) is 0.660. The van der Waals surface area contributed by atoms with Crippen LogP contribution in [0.3, 0.4) is 0 Å². The van der Waals surface area contributed by atoms with Crippen LogP contribution in [0, 0.1) is 6.92 Å². The number of likely N-dealkylation sites (tertiary alicyclic amines) is 1. The van der Waals surface area contributed by atoms with E-state index in [0.717, 1.165) is 13.1 Å². The van der Waals surface area contributed by atoms with Crippen molar-refractivity contribution < 1.29 is 0 Å². The van der Waals surface area contributed by atoms with Crippen LogP contribution in [0.25, 0.3) is 0 Å². The lowest BCUT2D eigenvalue weighted by Gasteiger charge is -2.28. The van der Waals surface area contributed by atoms with Gasteiger partial charge in [-0.15, -0.1) is 11.3 Å². The van der Waals surface area contributed by atoms with Crippen molar-refractivity contribution in [3.8, 4) is 0 Å². The van der Waals surface area contributed by atoms with Crippen molar-refractivity contribution in [2.45, 2.75) is 39.2 Å². The molecule has 4 heteroatoms. The number of nitrogens with zero attached hydrogens (tertiary/aromatic N) is 2. The molecule has 1 unspecified atom stereocenters. The first-order valence-electron chi connectivity index (χ1n) is 6.56. The first-order chi connectivity index (χ1) is 8.20. The number of hydrogen-bond acceptors (Lipinski definition) is 4. The van der Waals surface area contributed by atoms with Gasteiger partial charge in [0.1, 0.15) is 0 Å². The van der Waals surface area contributed by atoms with Gasteiger partial charge in [0, 0.05) is 23.9 Å². The van der Waals surface area contributed by atoms with E-state index in [9.17, 15) is 0 Å². The lowest BCUT2D eigenvalue weighted by molar-refractivity contribution is 0.250. The van der Waals surface area contributed by atoms with E-state index in [1.165, 1.54) is 41.5 Å². The summed E-state index contributed by atoms with van der Waals surface area (Å²) >= 11 is 1.91. The van der Waals surface area contributed by atoms with Gasteiger partial charge in [-0.2, -0.15) is 0 Å². The standard InChI is InChI=1S/C13H23N3S/c1-4-14-8-12-10(2)15-13(17-12)11-6-5-7-16(3)9-11/h11,14H,4-9H2,1-3H3. The highest BCUT2D eigenvalue weighted by Gasteiger charge is 2.22. The van der Waals surface area contributed by atoms with E-state index in [2.05, 4.69) is 31.1 Å². The van der Waals surface area contributed by atoms with Crippen molar-refractivity contribution in [2.24, 2.45) is 0 Å². The SMILES string of the molecule is CCNCc1sc(C2CCCN(C)C2)nc1C. The second-order valence-corrected chi connectivity index (χ2v) is 6.06. The molecule has 96 valence electrons. The molecule has 1 fully saturated rings. The van der Waals surface area contributed by atoms with Gasteiger partial charge in [-0.25, -0.2) is 4.98 Å². The number of nitrogens with one attached hydrogen (secondary N) is 1. The number of aryl methyl sites for hydroxylation is 1. The maximum atomic E-state index is 4.77. The molecule has 2 rings (SSSR count). The van der Waals surface area contributed by atoms with Crippen LogP contribution >= 0.6 is 11.3 Å². The van der Waals surface area contributed by atoms with Crippen molar-refractivity contribution in [1.82, 2.24) is 15.2 Å². The number of likely N-dealkylation sites (N-methyl/N-ethyl adjacent to an activating group) is 1. The van der Waals surface area contributed by atoms with Gasteiger partial charge >= 0.3 is 0 Å². The van der Waals surface area contributed by atoms with E-state index in [4.69, 9.17) is 4.98 Å². The van der Waals surface area contributed by atoms with Crippen molar-refractivity contribution >= 4 is 11.3 Å². The van der Waals surface area contributed by atoms with Crippen LogP contribution < -0.4 is 5.32 Å². The quantitative estimate of drug-likeness (QED) is 0.893. The molecular formula is C13H23N3S. The van der Waals surface area contributed by atoms with Crippen LogP contribution in [0.5, 0.6) is 0 Å². The van der Waals surface area contributed by atoms with Gasteiger partial charge in [-0.3, -0.25) is 0 Å². The monoisotopic (exact) mass is 253 g/mol. The Bertz CT molecular complexity index is 362. The third kappa shape index (κ3) is 3.27. The van der Waals surface area contributed by atoms with Crippen LogP contribution in [-0.2, 0) is 6.54 Å². The van der Waals surface area contributed by atoms with Crippen LogP contribution in [0.1, 0.15) is 41.3 Å². The average molecular weight is 253 g/mol. The Morgan fingerprint density at radius 3 is 3.06 bits per heavy atom. The summed E-state index contributed by atoms with van der Waals surface area (Å²) in [4.78, 5) is 8.61. The third-order valence-electron chi connectivity index (χ3n) is 3.42. The fourth-order valence-electron chi connectivity index (χ4n) is 2.40. The smallest absolute Gasteiger partial charge is 0.0975 e. The van der Waals surface area contributed by atoms with Gasteiger partial charge in [-0.05, 0) is 39.9 Å². The molecule has 1 atom stereocenters. The van der Waals surface area contributed by atoms with E-state index >= 15 is 0 Å². The molecule has 1 aliphatic heterocycles. The van der Waals surface area contributed by atoms with Crippen molar-refractivity contribution in [2.75, 3.05) is 26.7 Å². The first-order valence-corrected chi connectivity index (χ1v) is 7.37. The Kier molecular flexibility index (Phi) is 4.54. The Labute approximate surface area is 108 Å². The van der Waals surface area contributed by atoms with Crippen LogP contribution in [-0.4, -0.2) is 36.6 Å². The lowest BCUT2D eigenvalue weighted by Crippen LogP contribution is -2.30. The predicted octanol–water partition coefficient (Wildman–Crippen LogP) is 2.37. The zero-order valence-corrected chi connectivity index (χ0v) is 11.9. The second kappa shape index (κ2) is 5.94. The normalized spacial score (nSPS) is 21.9. The molecule has 1 aliphatic rings. The van der Waals surface area contributed by atoms with E-state index < -0.39 is 0 Å². The molecule has 0 amide bonds.